The molecule has 150 valence electrons. The van der Waals surface area contributed by atoms with E-state index in [9.17, 15) is 9.59 Å². The van der Waals surface area contributed by atoms with Gasteiger partial charge >= 0.3 is 5.97 Å². The van der Waals surface area contributed by atoms with Crippen LogP contribution in [0.3, 0.4) is 0 Å². The van der Waals surface area contributed by atoms with E-state index in [0.29, 0.717) is 30.3 Å². The first-order valence-corrected chi connectivity index (χ1v) is 11.1. The predicted molar refractivity (Wildman–Crippen MR) is 111 cm³/mol. The number of nitrogens with zero attached hydrogens (tertiary/aromatic N) is 2. The quantitative estimate of drug-likeness (QED) is 0.628. The number of carbonyl (C=O) groups excluding carboxylic acids is 2. The second kappa shape index (κ2) is 8.07. The van der Waals surface area contributed by atoms with Crippen molar-refractivity contribution in [2.24, 2.45) is 5.92 Å². The van der Waals surface area contributed by atoms with Gasteiger partial charge in [-0.2, -0.15) is 0 Å². The molecule has 6 nitrogen and oxygen atoms in total. The molecule has 1 aliphatic heterocycles. The number of nitrogens with two attached hydrogens (primary N) is 1. The molecule has 3 heterocycles. The van der Waals surface area contributed by atoms with Crippen molar-refractivity contribution in [2.75, 3.05) is 25.4 Å². The van der Waals surface area contributed by atoms with E-state index in [1.807, 2.05) is 0 Å². The number of likely N-dealkylation sites (tertiary alicyclic amines) is 1. The van der Waals surface area contributed by atoms with Gasteiger partial charge in [0.05, 0.1) is 18.2 Å². The molecule has 0 saturated carbocycles. The number of hydrogen-bond acceptors (Lipinski definition) is 6. The summed E-state index contributed by atoms with van der Waals surface area (Å²) in [5.41, 5.74) is 9.35. The van der Waals surface area contributed by atoms with Crippen molar-refractivity contribution in [2.45, 2.75) is 51.9 Å². The van der Waals surface area contributed by atoms with Gasteiger partial charge in [0.15, 0.2) is 0 Å². The highest BCUT2D eigenvalue weighted by Crippen LogP contribution is 2.36. The summed E-state index contributed by atoms with van der Waals surface area (Å²) in [4.78, 5) is 33.3. The first-order chi connectivity index (χ1) is 13.6. The smallest absolute Gasteiger partial charge is 0.310 e. The minimum Gasteiger partial charge on any atom is -0.466 e. The number of carbonyl (C=O) groups is 2. The Bertz CT molecular complexity index is 908. The maximum atomic E-state index is 13.2. The van der Waals surface area contributed by atoms with Crippen molar-refractivity contribution in [3.63, 3.8) is 0 Å². The molecule has 0 radical (unpaired) electrons. The van der Waals surface area contributed by atoms with Crippen LogP contribution >= 0.6 is 11.3 Å². The third kappa shape index (κ3) is 3.60. The molecule has 1 unspecified atom stereocenters. The molecule has 1 saturated heterocycles. The molecule has 4 rings (SSSR count). The molecule has 7 heteroatoms. The lowest BCUT2D eigenvalue weighted by atomic mass is 9.98. The summed E-state index contributed by atoms with van der Waals surface area (Å²) in [6, 6.07) is 2.14. The van der Waals surface area contributed by atoms with Gasteiger partial charge in [-0.3, -0.25) is 9.59 Å². The maximum Gasteiger partial charge on any atom is 0.310 e. The number of hydrogen-bond donors (Lipinski definition) is 1. The van der Waals surface area contributed by atoms with Crippen molar-refractivity contribution < 1.29 is 14.3 Å². The number of ether oxygens (including phenoxy) is 1. The molecule has 0 spiro atoms. The van der Waals surface area contributed by atoms with Gasteiger partial charge in [-0.05, 0) is 57.1 Å². The van der Waals surface area contributed by atoms with E-state index in [4.69, 9.17) is 15.5 Å². The van der Waals surface area contributed by atoms with Gasteiger partial charge in [0, 0.05) is 24.2 Å². The molecular weight excluding hydrogens is 374 g/mol. The fourth-order valence-corrected chi connectivity index (χ4v) is 5.32. The lowest BCUT2D eigenvalue weighted by Gasteiger charge is -2.31. The van der Waals surface area contributed by atoms with Crippen LogP contribution in [0.15, 0.2) is 6.07 Å². The Kier molecular flexibility index (Phi) is 5.53. The Labute approximate surface area is 169 Å². The number of aryl methyl sites for hydroxylation is 2. The van der Waals surface area contributed by atoms with Crippen LogP contribution in [0.4, 0.5) is 5.69 Å². The third-order valence-electron chi connectivity index (χ3n) is 5.77. The maximum absolute atomic E-state index is 13.2. The van der Waals surface area contributed by atoms with Gasteiger partial charge < -0.3 is 15.4 Å². The van der Waals surface area contributed by atoms with E-state index in [1.54, 1.807) is 11.8 Å². The Morgan fingerprint density at radius 2 is 2.11 bits per heavy atom. The van der Waals surface area contributed by atoms with Crippen LogP contribution in [0.2, 0.25) is 0 Å². The predicted octanol–water partition coefficient (Wildman–Crippen LogP) is 3.56. The minimum absolute atomic E-state index is 0.0929. The van der Waals surface area contributed by atoms with Gasteiger partial charge in [0.2, 0.25) is 0 Å². The zero-order valence-corrected chi connectivity index (χ0v) is 17.1. The Balaban J connectivity index is 1.60. The zero-order valence-electron chi connectivity index (χ0n) is 16.3. The summed E-state index contributed by atoms with van der Waals surface area (Å²) >= 11 is 1.38. The molecule has 28 heavy (non-hydrogen) atoms. The molecule has 0 bridgehead atoms. The van der Waals surface area contributed by atoms with E-state index in [1.165, 1.54) is 36.2 Å². The number of esters is 1. The molecule has 1 aliphatic carbocycles. The molecule has 1 amide bonds. The van der Waals surface area contributed by atoms with Crippen LogP contribution in [-0.4, -0.2) is 41.5 Å². The molecular formula is C21H27N3O3S. The van der Waals surface area contributed by atoms with Gasteiger partial charge in [0.1, 0.15) is 9.71 Å². The third-order valence-corrected chi connectivity index (χ3v) is 6.88. The highest BCUT2D eigenvalue weighted by molar-refractivity contribution is 7.21. The number of aromatic nitrogens is 1. The fraction of sp³-hybridized carbons (Fsp3) is 0.571. The number of pyridine rings is 1. The topological polar surface area (TPSA) is 85.5 Å². The highest BCUT2D eigenvalue weighted by atomic mass is 32.1. The normalized spacial score (nSPS) is 19.9. The second-order valence-electron chi connectivity index (χ2n) is 7.69. The summed E-state index contributed by atoms with van der Waals surface area (Å²) in [6.45, 7) is 3.21. The molecule has 2 aromatic heterocycles. The average molecular weight is 402 g/mol. The van der Waals surface area contributed by atoms with Crippen molar-refractivity contribution in [1.29, 1.82) is 0 Å². The van der Waals surface area contributed by atoms with E-state index in [2.05, 4.69) is 6.07 Å². The van der Waals surface area contributed by atoms with Crippen molar-refractivity contribution >= 4 is 39.1 Å². The number of anilines is 1. The number of amides is 1. The lowest BCUT2D eigenvalue weighted by Crippen LogP contribution is -2.42. The summed E-state index contributed by atoms with van der Waals surface area (Å²) in [5, 5.41) is 0.896. The first kappa shape index (κ1) is 19.2. The standard InChI is InChI=1S/C21H27N3O3S/c1-2-27-21(26)14-8-6-10-24(12-14)20(25)18-17(22)15-11-13-7-4-3-5-9-16(13)23-19(15)28-18/h11,14H,2-10,12,22H2,1H3. The van der Waals surface area contributed by atoms with E-state index in [0.717, 1.165) is 41.6 Å². The molecule has 1 fully saturated rings. The van der Waals surface area contributed by atoms with Crippen LogP contribution < -0.4 is 5.73 Å². The molecule has 2 N–H and O–H groups in total. The van der Waals surface area contributed by atoms with E-state index in [-0.39, 0.29) is 17.8 Å². The van der Waals surface area contributed by atoms with Gasteiger partial charge in [-0.1, -0.05) is 6.42 Å². The van der Waals surface area contributed by atoms with Gasteiger partial charge in [0.25, 0.3) is 5.91 Å². The van der Waals surface area contributed by atoms with Crippen molar-refractivity contribution in [3.8, 4) is 0 Å². The molecule has 0 aromatic carbocycles. The van der Waals surface area contributed by atoms with Gasteiger partial charge in [-0.25, -0.2) is 4.98 Å². The van der Waals surface area contributed by atoms with Crippen LogP contribution in [-0.2, 0) is 22.4 Å². The van der Waals surface area contributed by atoms with E-state index < -0.39 is 0 Å². The Hall–Kier alpha value is -2.15. The second-order valence-corrected chi connectivity index (χ2v) is 8.69. The summed E-state index contributed by atoms with van der Waals surface area (Å²) < 4.78 is 5.15. The first-order valence-electron chi connectivity index (χ1n) is 10.2. The van der Waals surface area contributed by atoms with E-state index >= 15 is 0 Å². The molecule has 2 aromatic rings. The highest BCUT2D eigenvalue weighted by Gasteiger charge is 2.31. The zero-order chi connectivity index (χ0) is 19.7. The number of nitrogen functional groups attached to an aromatic ring is 1. The monoisotopic (exact) mass is 401 g/mol. The Morgan fingerprint density at radius 1 is 1.29 bits per heavy atom. The fourth-order valence-electron chi connectivity index (χ4n) is 4.25. The van der Waals surface area contributed by atoms with Crippen LogP contribution in [0, 0.1) is 5.92 Å². The number of rotatable bonds is 3. The summed E-state index contributed by atoms with van der Waals surface area (Å²) in [5.74, 6) is -0.554. The van der Waals surface area contributed by atoms with Crippen LogP contribution in [0.5, 0.6) is 0 Å². The Morgan fingerprint density at radius 3 is 2.93 bits per heavy atom. The lowest BCUT2D eigenvalue weighted by molar-refractivity contribution is -0.149. The van der Waals surface area contributed by atoms with Gasteiger partial charge in [-0.15, -0.1) is 11.3 Å². The number of fused-ring (bicyclic) bond motifs is 2. The van der Waals surface area contributed by atoms with Crippen LogP contribution in [0.25, 0.3) is 10.2 Å². The summed E-state index contributed by atoms with van der Waals surface area (Å²) in [6.07, 6.45) is 7.18. The molecule has 1 atom stereocenters. The average Bonchev–Trinajstić information content (AvgIpc) is 2.88. The summed E-state index contributed by atoms with van der Waals surface area (Å²) in [7, 11) is 0. The van der Waals surface area contributed by atoms with Crippen LogP contribution in [0.1, 0.15) is 60.0 Å². The molecule has 2 aliphatic rings. The van der Waals surface area contributed by atoms with Crippen molar-refractivity contribution in [1.82, 2.24) is 9.88 Å². The SMILES string of the molecule is CCOC(=O)C1CCCN(C(=O)c2sc3nc4c(cc3c2N)CCCCC4)C1. The number of thiophene rings is 1. The number of piperidine rings is 1. The van der Waals surface area contributed by atoms with Crippen molar-refractivity contribution in [3.05, 3.63) is 22.2 Å². The largest absolute Gasteiger partial charge is 0.466 e. The minimum atomic E-state index is -0.248.